The Labute approximate surface area is 114 Å². The van der Waals surface area contributed by atoms with Crippen molar-refractivity contribution in [1.82, 2.24) is 4.72 Å². The number of hydrogen-bond acceptors (Lipinski definition) is 4. The summed E-state index contributed by atoms with van der Waals surface area (Å²) in [7, 11) is -4.33. The van der Waals surface area contributed by atoms with Crippen LogP contribution in [0, 0.1) is 0 Å². The summed E-state index contributed by atoms with van der Waals surface area (Å²) in [6.07, 6.45) is -3.36. The van der Waals surface area contributed by atoms with Crippen molar-refractivity contribution in [2.24, 2.45) is 0 Å². The molecule has 0 amide bonds. The lowest BCUT2D eigenvalue weighted by Gasteiger charge is -2.21. The summed E-state index contributed by atoms with van der Waals surface area (Å²) < 4.78 is 67.1. The quantitative estimate of drug-likeness (QED) is 0.828. The molecule has 112 valence electrons. The van der Waals surface area contributed by atoms with Crippen molar-refractivity contribution in [1.29, 1.82) is 0 Å². The number of ether oxygens (including phenoxy) is 1. The van der Waals surface area contributed by atoms with E-state index in [1.165, 1.54) is 4.72 Å². The summed E-state index contributed by atoms with van der Waals surface area (Å²) in [6, 6.07) is 2.67. The first kappa shape index (κ1) is 14.9. The fourth-order valence-electron chi connectivity index (χ4n) is 1.92. The van der Waals surface area contributed by atoms with E-state index in [1.807, 2.05) is 0 Å². The number of alkyl halides is 3. The van der Waals surface area contributed by atoms with Gasteiger partial charge in [-0.3, -0.25) is 0 Å². The molecule has 0 radical (unpaired) electrons. The van der Waals surface area contributed by atoms with E-state index in [0.717, 1.165) is 6.07 Å². The zero-order valence-corrected chi connectivity index (χ0v) is 11.1. The first-order valence-corrected chi connectivity index (χ1v) is 7.29. The van der Waals surface area contributed by atoms with E-state index < -0.39 is 22.7 Å². The van der Waals surface area contributed by atoms with Gasteiger partial charge in [-0.15, -0.1) is 0 Å². The Balaban J connectivity index is 2.38. The number of anilines is 1. The minimum atomic E-state index is -4.63. The average molecular weight is 310 g/mol. The molecular weight excluding hydrogens is 297 g/mol. The molecule has 0 spiro atoms. The lowest BCUT2D eigenvalue weighted by atomic mass is 10.1. The SMILES string of the molecule is Nc1cc2c(c(S(=O)(=O)NCC(F)(F)F)c1)OCCC2. The summed E-state index contributed by atoms with van der Waals surface area (Å²) in [5.74, 6) is 0.0834. The van der Waals surface area contributed by atoms with Crippen LogP contribution in [0.5, 0.6) is 5.75 Å². The van der Waals surface area contributed by atoms with Crippen molar-refractivity contribution in [2.45, 2.75) is 23.9 Å². The normalized spacial score (nSPS) is 15.6. The number of hydrogen-bond donors (Lipinski definition) is 2. The van der Waals surface area contributed by atoms with Crippen LogP contribution in [0.2, 0.25) is 0 Å². The van der Waals surface area contributed by atoms with Crippen molar-refractivity contribution in [3.63, 3.8) is 0 Å². The summed E-state index contributed by atoms with van der Waals surface area (Å²) in [5.41, 5.74) is 6.35. The molecule has 1 heterocycles. The van der Waals surface area contributed by atoms with Crippen LogP contribution in [-0.2, 0) is 16.4 Å². The molecule has 1 aromatic rings. The van der Waals surface area contributed by atoms with Crippen LogP contribution in [0.1, 0.15) is 12.0 Å². The molecular formula is C11H13F3N2O3S. The number of rotatable bonds is 3. The van der Waals surface area contributed by atoms with Crippen LogP contribution in [0.25, 0.3) is 0 Å². The molecule has 0 bridgehead atoms. The lowest BCUT2D eigenvalue weighted by Crippen LogP contribution is -2.34. The van der Waals surface area contributed by atoms with Gasteiger partial charge < -0.3 is 10.5 Å². The second-order valence-electron chi connectivity index (χ2n) is 4.40. The third-order valence-corrected chi connectivity index (χ3v) is 4.15. The molecule has 2 rings (SSSR count). The van der Waals surface area contributed by atoms with E-state index in [9.17, 15) is 21.6 Å². The number of halogens is 3. The molecule has 1 aliphatic rings. The van der Waals surface area contributed by atoms with E-state index in [4.69, 9.17) is 10.5 Å². The van der Waals surface area contributed by atoms with Crippen LogP contribution in [0.4, 0.5) is 18.9 Å². The van der Waals surface area contributed by atoms with E-state index in [-0.39, 0.29) is 16.3 Å². The van der Waals surface area contributed by atoms with Gasteiger partial charge in [0.05, 0.1) is 6.61 Å². The van der Waals surface area contributed by atoms with Crippen LogP contribution in [-0.4, -0.2) is 27.7 Å². The summed E-state index contributed by atoms with van der Waals surface area (Å²) in [6.45, 7) is -1.32. The van der Waals surface area contributed by atoms with Gasteiger partial charge in [-0.05, 0) is 30.5 Å². The van der Waals surface area contributed by atoms with E-state index in [0.29, 0.717) is 25.0 Å². The predicted octanol–water partition coefficient (Wildman–Crippen LogP) is 1.43. The van der Waals surface area contributed by atoms with Gasteiger partial charge in [0.2, 0.25) is 10.0 Å². The molecule has 0 atom stereocenters. The Morgan fingerprint density at radius 2 is 2.05 bits per heavy atom. The fourth-order valence-corrected chi connectivity index (χ4v) is 3.16. The minimum Gasteiger partial charge on any atom is -0.492 e. The molecule has 5 nitrogen and oxygen atoms in total. The number of benzene rings is 1. The van der Waals surface area contributed by atoms with Crippen LogP contribution in [0.3, 0.4) is 0 Å². The third-order valence-electron chi connectivity index (χ3n) is 2.74. The molecule has 20 heavy (non-hydrogen) atoms. The number of nitrogens with two attached hydrogens (primary N) is 1. The van der Waals surface area contributed by atoms with Crippen molar-refractivity contribution in [2.75, 3.05) is 18.9 Å². The van der Waals surface area contributed by atoms with E-state index in [1.54, 1.807) is 6.07 Å². The maximum absolute atomic E-state index is 12.1. The molecule has 3 N–H and O–H groups in total. The van der Waals surface area contributed by atoms with Crippen LogP contribution < -0.4 is 15.2 Å². The number of nitrogens with one attached hydrogen (secondary N) is 1. The van der Waals surface area contributed by atoms with Gasteiger partial charge >= 0.3 is 6.18 Å². The monoisotopic (exact) mass is 310 g/mol. The smallest absolute Gasteiger partial charge is 0.402 e. The fraction of sp³-hybridized carbons (Fsp3) is 0.455. The second-order valence-corrected chi connectivity index (χ2v) is 6.13. The highest BCUT2D eigenvalue weighted by Gasteiger charge is 2.32. The first-order chi connectivity index (χ1) is 9.19. The minimum absolute atomic E-state index is 0.0834. The number of nitrogen functional groups attached to an aromatic ring is 1. The van der Waals surface area contributed by atoms with E-state index >= 15 is 0 Å². The highest BCUT2D eigenvalue weighted by atomic mass is 32.2. The van der Waals surface area contributed by atoms with Gasteiger partial charge in [-0.2, -0.15) is 13.2 Å². The summed E-state index contributed by atoms with van der Waals surface area (Å²) >= 11 is 0. The first-order valence-electron chi connectivity index (χ1n) is 5.81. The molecule has 0 aliphatic carbocycles. The van der Waals surface area contributed by atoms with Gasteiger partial charge in [-0.25, -0.2) is 13.1 Å². The van der Waals surface area contributed by atoms with Crippen LogP contribution >= 0.6 is 0 Å². The number of sulfonamides is 1. The Morgan fingerprint density at radius 3 is 2.70 bits per heavy atom. The molecule has 0 aromatic heterocycles. The van der Waals surface area contributed by atoms with Gasteiger partial charge in [-0.1, -0.05) is 0 Å². The number of aryl methyl sites for hydroxylation is 1. The molecule has 0 saturated carbocycles. The maximum atomic E-state index is 12.1. The van der Waals surface area contributed by atoms with Crippen molar-refractivity contribution >= 4 is 15.7 Å². The highest BCUT2D eigenvalue weighted by molar-refractivity contribution is 7.89. The third kappa shape index (κ3) is 3.34. The van der Waals surface area contributed by atoms with E-state index in [2.05, 4.69) is 0 Å². The Kier molecular flexibility index (Phi) is 3.83. The Morgan fingerprint density at radius 1 is 1.35 bits per heavy atom. The molecule has 1 aromatic carbocycles. The average Bonchev–Trinajstić information content (AvgIpc) is 2.35. The molecule has 0 fully saturated rings. The number of fused-ring (bicyclic) bond motifs is 1. The van der Waals surface area contributed by atoms with Gasteiger partial charge in [0, 0.05) is 5.69 Å². The van der Waals surface area contributed by atoms with Crippen LogP contribution in [0.15, 0.2) is 17.0 Å². The summed E-state index contributed by atoms with van der Waals surface area (Å²) in [5, 5.41) is 0. The van der Waals surface area contributed by atoms with Crippen molar-refractivity contribution in [3.8, 4) is 5.75 Å². The predicted molar refractivity (Wildman–Crippen MR) is 65.9 cm³/mol. The largest absolute Gasteiger partial charge is 0.492 e. The Bertz CT molecular complexity index is 614. The standard InChI is InChI=1S/C11H13F3N2O3S/c12-11(13,14)6-16-20(17,18)9-5-8(15)4-7-2-1-3-19-10(7)9/h4-5,16H,1-3,6,15H2. The summed E-state index contributed by atoms with van der Waals surface area (Å²) in [4.78, 5) is -0.351. The lowest BCUT2D eigenvalue weighted by molar-refractivity contribution is -0.121. The molecule has 1 aliphatic heterocycles. The molecule has 0 saturated heterocycles. The second kappa shape index (κ2) is 5.13. The van der Waals surface area contributed by atoms with Gasteiger partial charge in [0.15, 0.2) is 0 Å². The molecule has 0 unspecified atom stereocenters. The van der Waals surface area contributed by atoms with Crippen molar-refractivity contribution in [3.05, 3.63) is 17.7 Å². The zero-order valence-electron chi connectivity index (χ0n) is 10.3. The topological polar surface area (TPSA) is 81.4 Å². The van der Waals surface area contributed by atoms with Gasteiger partial charge in [0.1, 0.15) is 17.2 Å². The van der Waals surface area contributed by atoms with Gasteiger partial charge in [0.25, 0.3) is 0 Å². The Hall–Kier alpha value is -1.48. The molecule has 9 heteroatoms. The van der Waals surface area contributed by atoms with Crippen molar-refractivity contribution < 1.29 is 26.3 Å². The highest BCUT2D eigenvalue weighted by Crippen LogP contribution is 2.34. The zero-order chi connectivity index (χ0) is 15.0. The maximum Gasteiger partial charge on any atom is 0.402 e.